The lowest BCUT2D eigenvalue weighted by molar-refractivity contribution is -0.146. The van der Waals surface area contributed by atoms with Gasteiger partial charge in [0.15, 0.2) is 0 Å². The summed E-state index contributed by atoms with van der Waals surface area (Å²) in [6.45, 7) is 0.669. The van der Waals surface area contributed by atoms with E-state index in [1.54, 1.807) is 6.08 Å². The number of hydrogen-bond acceptors (Lipinski definition) is 3. The second-order valence-corrected chi connectivity index (χ2v) is 6.09. The number of hydrogen-bond donors (Lipinski definition) is 2. The van der Waals surface area contributed by atoms with Gasteiger partial charge in [-0.25, -0.2) is 0 Å². The van der Waals surface area contributed by atoms with Gasteiger partial charge in [0.2, 0.25) is 5.91 Å². The normalized spacial score (nSPS) is 36.2. The fourth-order valence-corrected chi connectivity index (χ4v) is 3.67. The lowest BCUT2D eigenvalue weighted by Gasteiger charge is -2.25. The Morgan fingerprint density at radius 2 is 1.75 bits per heavy atom. The molecule has 0 radical (unpaired) electrons. The van der Waals surface area contributed by atoms with Crippen molar-refractivity contribution >= 4 is 11.9 Å². The molecular weight excluding hydrogens is 258 g/mol. The van der Waals surface area contributed by atoms with Gasteiger partial charge in [0.25, 0.3) is 0 Å². The van der Waals surface area contributed by atoms with E-state index in [-0.39, 0.29) is 12.0 Å². The van der Waals surface area contributed by atoms with E-state index >= 15 is 0 Å². The summed E-state index contributed by atoms with van der Waals surface area (Å²) in [7, 11) is 0. The summed E-state index contributed by atoms with van der Waals surface area (Å²) >= 11 is 0. The quantitative estimate of drug-likeness (QED) is 0.761. The fourth-order valence-electron chi connectivity index (χ4n) is 3.67. The van der Waals surface area contributed by atoms with Gasteiger partial charge in [-0.05, 0) is 18.8 Å². The fraction of sp³-hybridized carbons (Fsp3) is 0.733. The highest BCUT2D eigenvalue weighted by molar-refractivity contribution is 5.87. The second kappa shape index (κ2) is 5.56. The number of aliphatic carboxylic acids is 1. The first kappa shape index (κ1) is 13.6. The number of carbonyl (C=O) groups is 2. The Morgan fingerprint density at radius 3 is 2.40 bits per heavy atom. The molecule has 4 atom stereocenters. The van der Waals surface area contributed by atoms with Gasteiger partial charge in [-0.3, -0.25) is 9.59 Å². The zero-order chi connectivity index (χ0) is 14.1. The number of carboxylic acids is 1. The Morgan fingerprint density at radius 1 is 1.10 bits per heavy atom. The first-order chi connectivity index (χ1) is 9.66. The van der Waals surface area contributed by atoms with Crippen LogP contribution in [0.2, 0.25) is 0 Å². The third kappa shape index (κ3) is 2.46. The Bertz CT molecular complexity index is 428. The standard InChI is InChI=1S/C15H21NO4/c17-14(16-8-9-4-2-1-3-5-9)12-10-6-7-11(20-10)13(12)15(18)19/h6-7,9-13H,1-5,8H2,(H,16,17)(H,18,19)/t10-,11+,12+,13+/m1/s1. The first-order valence-electron chi connectivity index (χ1n) is 7.51. The SMILES string of the molecule is O=C(O)[C@@H]1[C@@H](C(=O)NCC2CCCCC2)[C@H]2C=C[C@@H]1O2. The van der Waals surface area contributed by atoms with Crippen molar-refractivity contribution in [3.8, 4) is 0 Å². The Kier molecular flexibility index (Phi) is 3.78. The minimum absolute atomic E-state index is 0.167. The molecule has 2 fully saturated rings. The Labute approximate surface area is 118 Å². The van der Waals surface area contributed by atoms with Gasteiger partial charge >= 0.3 is 5.97 Å². The van der Waals surface area contributed by atoms with Crippen molar-refractivity contribution in [2.45, 2.75) is 44.3 Å². The minimum atomic E-state index is -0.945. The van der Waals surface area contributed by atoms with Crippen LogP contribution < -0.4 is 5.32 Å². The predicted octanol–water partition coefficient (Wildman–Crippen LogP) is 1.34. The van der Waals surface area contributed by atoms with Gasteiger partial charge in [0.1, 0.15) is 5.92 Å². The third-order valence-electron chi connectivity index (χ3n) is 4.78. The molecule has 2 aliphatic heterocycles. The smallest absolute Gasteiger partial charge is 0.310 e. The van der Waals surface area contributed by atoms with Crippen molar-refractivity contribution in [1.29, 1.82) is 0 Å². The molecule has 2 N–H and O–H groups in total. The summed E-state index contributed by atoms with van der Waals surface area (Å²) in [6, 6.07) is 0. The van der Waals surface area contributed by atoms with Crippen LogP contribution in [0.15, 0.2) is 12.2 Å². The van der Waals surface area contributed by atoms with E-state index in [0.29, 0.717) is 12.5 Å². The van der Waals surface area contributed by atoms with E-state index in [1.165, 1.54) is 19.3 Å². The molecule has 1 saturated heterocycles. The maximum Gasteiger partial charge on any atom is 0.310 e. The van der Waals surface area contributed by atoms with Gasteiger partial charge in [-0.2, -0.15) is 0 Å². The zero-order valence-corrected chi connectivity index (χ0v) is 11.5. The van der Waals surface area contributed by atoms with Crippen molar-refractivity contribution < 1.29 is 19.4 Å². The average molecular weight is 279 g/mol. The third-order valence-corrected chi connectivity index (χ3v) is 4.78. The van der Waals surface area contributed by atoms with Crippen LogP contribution >= 0.6 is 0 Å². The molecule has 1 aliphatic carbocycles. The van der Waals surface area contributed by atoms with Crippen LogP contribution in [-0.4, -0.2) is 35.7 Å². The summed E-state index contributed by atoms with van der Waals surface area (Å²) in [5.41, 5.74) is 0. The maximum absolute atomic E-state index is 12.3. The first-order valence-corrected chi connectivity index (χ1v) is 7.51. The monoisotopic (exact) mass is 279 g/mol. The number of carboxylic acid groups (broad SMARTS) is 1. The summed E-state index contributed by atoms with van der Waals surface area (Å²) in [5, 5.41) is 12.2. The number of nitrogens with one attached hydrogen (secondary N) is 1. The number of carbonyl (C=O) groups excluding carboxylic acids is 1. The van der Waals surface area contributed by atoms with Crippen LogP contribution in [0.1, 0.15) is 32.1 Å². The van der Waals surface area contributed by atoms with Gasteiger partial charge in [0.05, 0.1) is 18.1 Å². The van der Waals surface area contributed by atoms with Gasteiger partial charge in [0, 0.05) is 6.54 Å². The largest absolute Gasteiger partial charge is 0.481 e. The molecule has 5 nitrogen and oxygen atoms in total. The molecule has 0 aromatic rings. The second-order valence-electron chi connectivity index (χ2n) is 6.09. The number of fused-ring (bicyclic) bond motifs is 2. The van der Waals surface area contributed by atoms with Crippen molar-refractivity contribution in [2.75, 3.05) is 6.54 Å². The van der Waals surface area contributed by atoms with Crippen LogP contribution in [0.3, 0.4) is 0 Å². The molecule has 0 aromatic carbocycles. The van der Waals surface area contributed by atoms with Crippen LogP contribution in [-0.2, 0) is 14.3 Å². The van der Waals surface area contributed by atoms with E-state index in [9.17, 15) is 14.7 Å². The molecule has 2 bridgehead atoms. The highest BCUT2D eigenvalue weighted by atomic mass is 16.5. The van der Waals surface area contributed by atoms with E-state index in [1.807, 2.05) is 6.08 Å². The highest BCUT2D eigenvalue weighted by Gasteiger charge is 2.53. The molecule has 0 spiro atoms. The predicted molar refractivity (Wildman–Crippen MR) is 72.0 cm³/mol. The summed E-state index contributed by atoms with van der Waals surface area (Å²) in [5.74, 6) is -1.88. The maximum atomic E-state index is 12.3. The van der Waals surface area contributed by atoms with Crippen LogP contribution in [0.25, 0.3) is 0 Å². The van der Waals surface area contributed by atoms with Crippen molar-refractivity contribution in [2.24, 2.45) is 17.8 Å². The topological polar surface area (TPSA) is 75.6 Å². The van der Waals surface area contributed by atoms with Crippen LogP contribution in [0.5, 0.6) is 0 Å². The molecule has 20 heavy (non-hydrogen) atoms. The zero-order valence-electron chi connectivity index (χ0n) is 11.5. The summed E-state index contributed by atoms with van der Waals surface area (Å²) < 4.78 is 5.52. The van der Waals surface area contributed by atoms with Crippen LogP contribution in [0, 0.1) is 17.8 Å². The van der Waals surface area contributed by atoms with Gasteiger partial charge < -0.3 is 15.2 Å². The molecule has 0 aromatic heterocycles. The molecule has 110 valence electrons. The van der Waals surface area contributed by atoms with E-state index in [2.05, 4.69) is 5.32 Å². The molecular formula is C15H21NO4. The van der Waals surface area contributed by atoms with E-state index in [4.69, 9.17) is 4.74 Å². The van der Waals surface area contributed by atoms with Crippen molar-refractivity contribution in [1.82, 2.24) is 5.32 Å². The summed E-state index contributed by atoms with van der Waals surface area (Å²) in [4.78, 5) is 23.6. The average Bonchev–Trinajstić information content (AvgIpc) is 3.06. The Balaban J connectivity index is 1.58. The number of rotatable bonds is 4. The molecule has 3 rings (SSSR count). The molecule has 0 unspecified atom stereocenters. The Hall–Kier alpha value is -1.36. The van der Waals surface area contributed by atoms with Gasteiger partial charge in [-0.15, -0.1) is 0 Å². The minimum Gasteiger partial charge on any atom is -0.481 e. The van der Waals surface area contributed by atoms with Crippen molar-refractivity contribution in [3.63, 3.8) is 0 Å². The highest BCUT2D eigenvalue weighted by Crippen LogP contribution is 2.39. The molecule has 1 saturated carbocycles. The van der Waals surface area contributed by atoms with Crippen molar-refractivity contribution in [3.05, 3.63) is 12.2 Å². The molecule has 1 amide bonds. The molecule has 2 heterocycles. The lowest BCUT2D eigenvalue weighted by Crippen LogP contribution is -2.43. The molecule has 5 heteroatoms. The number of ether oxygens (including phenoxy) is 1. The van der Waals surface area contributed by atoms with Crippen LogP contribution in [0.4, 0.5) is 0 Å². The summed E-state index contributed by atoms with van der Waals surface area (Å²) in [6.07, 6.45) is 8.84. The van der Waals surface area contributed by atoms with E-state index < -0.39 is 23.9 Å². The van der Waals surface area contributed by atoms with E-state index in [0.717, 1.165) is 12.8 Å². The molecule has 3 aliphatic rings. The number of amides is 1. The lowest BCUT2D eigenvalue weighted by atomic mass is 9.82. The van der Waals surface area contributed by atoms with Gasteiger partial charge in [-0.1, -0.05) is 31.4 Å².